The molecule has 0 fully saturated rings. The van der Waals surface area contributed by atoms with Crippen LogP contribution in [-0.2, 0) is 9.84 Å². The molecule has 1 N–H and O–H groups in total. The van der Waals surface area contributed by atoms with E-state index in [0.717, 1.165) is 17.2 Å². The quantitative estimate of drug-likeness (QED) is 0.773. The van der Waals surface area contributed by atoms with Crippen LogP contribution in [0.4, 0.5) is 0 Å². The van der Waals surface area contributed by atoms with Crippen molar-refractivity contribution in [2.24, 2.45) is 0 Å². The number of aromatic amines is 1. The van der Waals surface area contributed by atoms with Crippen LogP contribution in [0.15, 0.2) is 61.0 Å². The molecule has 0 saturated carbocycles. The van der Waals surface area contributed by atoms with Crippen LogP contribution in [0, 0.1) is 0 Å². The van der Waals surface area contributed by atoms with Gasteiger partial charge in [-0.25, -0.2) is 8.42 Å². The molecule has 0 amide bonds. The highest BCUT2D eigenvalue weighted by atomic mass is 32.2. The largest absolute Gasteiger partial charge is 0.354 e. The Balaban J connectivity index is 0.000000232. The van der Waals surface area contributed by atoms with Gasteiger partial charge in [0.05, 0.1) is 5.52 Å². The summed E-state index contributed by atoms with van der Waals surface area (Å²) < 4.78 is 19.8. The summed E-state index contributed by atoms with van der Waals surface area (Å²) in [4.78, 5) is 3.43. The average molecular weight is 299 g/mol. The second-order valence-electron chi connectivity index (χ2n) is 4.64. The number of rotatable bonds is 2. The number of hydrogen-bond donors (Lipinski definition) is 1. The molecule has 0 bridgehead atoms. The first-order chi connectivity index (χ1) is 9.96. The van der Waals surface area contributed by atoms with Gasteiger partial charge in [-0.1, -0.05) is 55.6 Å². The van der Waals surface area contributed by atoms with Crippen LogP contribution in [-0.4, -0.2) is 19.7 Å². The number of fused-ring (bicyclic) bond motifs is 3. The summed E-state index contributed by atoms with van der Waals surface area (Å²) in [5.74, 6) is 0. The Hall–Kier alpha value is -2.33. The van der Waals surface area contributed by atoms with E-state index in [9.17, 15) is 8.42 Å². The zero-order chi connectivity index (χ0) is 15.5. The minimum Gasteiger partial charge on any atom is -0.354 e. The SMILES string of the molecule is C=CS(C)(=O)=O.C=Cc1cccc2c1[nH]c1ccccc12. The van der Waals surface area contributed by atoms with Gasteiger partial charge in [-0.2, -0.15) is 0 Å². The number of hydrogen-bond acceptors (Lipinski definition) is 2. The van der Waals surface area contributed by atoms with Gasteiger partial charge in [0.1, 0.15) is 0 Å². The van der Waals surface area contributed by atoms with Gasteiger partial charge >= 0.3 is 0 Å². The van der Waals surface area contributed by atoms with Gasteiger partial charge in [0.2, 0.25) is 0 Å². The fraction of sp³-hybridized carbons (Fsp3) is 0.0588. The van der Waals surface area contributed by atoms with Crippen LogP contribution in [0.5, 0.6) is 0 Å². The molecule has 0 atom stereocenters. The normalized spacial score (nSPS) is 10.9. The highest BCUT2D eigenvalue weighted by Gasteiger charge is 2.04. The number of para-hydroxylation sites is 2. The molecule has 1 heterocycles. The molecule has 108 valence electrons. The first-order valence-electron chi connectivity index (χ1n) is 6.40. The summed E-state index contributed by atoms with van der Waals surface area (Å²) >= 11 is 0. The monoisotopic (exact) mass is 299 g/mol. The maximum absolute atomic E-state index is 9.88. The van der Waals surface area contributed by atoms with Crippen molar-refractivity contribution in [3.8, 4) is 0 Å². The standard InChI is InChI=1S/C14H11N.C3H6O2S/c1-2-10-6-5-8-12-11-7-3-4-9-13(11)15-14(10)12;1-3-6(2,4)5/h2-9,15H,1H2;3H,1H2,2H3. The molecule has 4 heteroatoms. The second kappa shape index (κ2) is 5.97. The number of benzene rings is 2. The van der Waals surface area contributed by atoms with E-state index in [1.165, 1.54) is 21.8 Å². The Labute approximate surface area is 124 Å². The first kappa shape index (κ1) is 15.1. The van der Waals surface area contributed by atoms with Crippen molar-refractivity contribution < 1.29 is 8.42 Å². The molecular weight excluding hydrogens is 282 g/mol. The molecule has 0 aliphatic rings. The molecule has 2 aromatic carbocycles. The lowest BCUT2D eigenvalue weighted by Gasteiger charge is -1.94. The lowest BCUT2D eigenvalue weighted by Crippen LogP contribution is -1.84. The van der Waals surface area contributed by atoms with E-state index in [1.807, 2.05) is 12.1 Å². The maximum atomic E-state index is 9.88. The summed E-state index contributed by atoms with van der Waals surface area (Å²) in [5, 5.41) is 3.45. The summed E-state index contributed by atoms with van der Waals surface area (Å²) in [5.41, 5.74) is 3.51. The third-order valence-corrected chi connectivity index (χ3v) is 3.70. The van der Waals surface area contributed by atoms with Crippen LogP contribution in [0.1, 0.15) is 5.56 Å². The summed E-state index contributed by atoms with van der Waals surface area (Å²) in [6.07, 6.45) is 2.98. The van der Waals surface area contributed by atoms with Crippen molar-refractivity contribution in [3.05, 3.63) is 66.6 Å². The Morgan fingerprint density at radius 3 is 2.24 bits per heavy atom. The van der Waals surface area contributed by atoms with Gasteiger partial charge in [0.25, 0.3) is 0 Å². The molecule has 0 spiro atoms. The van der Waals surface area contributed by atoms with E-state index in [1.54, 1.807) is 0 Å². The fourth-order valence-electron chi connectivity index (χ4n) is 2.07. The predicted octanol–water partition coefficient (Wildman–Crippen LogP) is 4.14. The Morgan fingerprint density at radius 1 is 1.00 bits per heavy atom. The molecule has 21 heavy (non-hydrogen) atoms. The first-order valence-corrected chi connectivity index (χ1v) is 8.36. The number of aromatic nitrogens is 1. The summed E-state index contributed by atoms with van der Waals surface area (Å²) in [6, 6.07) is 14.6. The van der Waals surface area contributed by atoms with Crippen LogP contribution in [0.3, 0.4) is 0 Å². The van der Waals surface area contributed by atoms with Gasteiger partial charge < -0.3 is 4.98 Å². The van der Waals surface area contributed by atoms with Gasteiger partial charge in [-0.05, 0) is 11.6 Å². The van der Waals surface area contributed by atoms with E-state index in [-0.39, 0.29) is 0 Å². The molecule has 0 unspecified atom stereocenters. The van der Waals surface area contributed by atoms with Crippen LogP contribution in [0.25, 0.3) is 27.9 Å². The number of nitrogens with one attached hydrogen (secondary N) is 1. The van der Waals surface area contributed by atoms with Crippen molar-refractivity contribution >= 4 is 37.7 Å². The van der Waals surface area contributed by atoms with E-state index in [4.69, 9.17) is 0 Å². The zero-order valence-corrected chi connectivity index (χ0v) is 12.7. The third kappa shape index (κ3) is 3.41. The second-order valence-corrected chi connectivity index (χ2v) is 6.63. The minimum absolute atomic E-state index is 0.910. The van der Waals surface area contributed by atoms with Crippen LogP contribution < -0.4 is 0 Å². The van der Waals surface area contributed by atoms with Crippen molar-refractivity contribution in [2.75, 3.05) is 6.26 Å². The molecule has 0 aliphatic carbocycles. The van der Waals surface area contributed by atoms with Gasteiger partial charge in [0.15, 0.2) is 9.84 Å². The molecule has 3 nitrogen and oxygen atoms in total. The maximum Gasteiger partial charge on any atom is 0.168 e. The molecule has 0 aliphatic heterocycles. The Bertz CT molecular complexity index is 893. The van der Waals surface area contributed by atoms with E-state index < -0.39 is 9.84 Å². The van der Waals surface area contributed by atoms with Crippen molar-refractivity contribution in [2.45, 2.75) is 0 Å². The highest BCUT2D eigenvalue weighted by molar-refractivity contribution is 7.93. The van der Waals surface area contributed by atoms with Crippen molar-refractivity contribution in [3.63, 3.8) is 0 Å². The summed E-state index contributed by atoms with van der Waals surface area (Å²) in [7, 11) is -2.90. The highest BCUT2D eigenvalue weighted by Crippen LogP contribution is 2.27. The summed E-state index contributed by atoms with van der Waals surface area (Å²) in [6.45, 7) is 6.88. The fourth-order valence-corrected chi connectivity index (χ4v) is 2.07. The molecule has 3 aromatic rings. The topological polar surface area (TPSA) is 49.9 Å². The van der Waals surface area contributed by atoms with E-state index >= 15 is 0 Å². The smallest absolute Gasteiger partial charge is 0.168 e. The Kier molecular flexibility index (Phi) is 4.29. The zero-order valence-electron chi connectivity index (χ0n) is 11.8. The van der Waals surface area contributed by atoms with Crippen LogP contribution in [0.2, 0.25) is 0 Å². The van der Waals surface area contributed by atoms with Gasteiger partial charge in [-0.3, -0.25) is 0 Å². The third-order valence-electron chi connectivity index (χ3n) is 3.10. The lowest BCUT2D eigenvalue weighted by molar-refractivity contribution is 0.610. The molecule has 1 aromatic heterocycles. The molecule has 0 radical (unpaired) electrons. The van der Waals surface area contributed by atoms with E-state index in [2.05, 4.69) is 54.5 Å². The van der Waals surface area contributed by atoms with Crippen LogP contribution >= 0.6 is 0 Å². The lowest BCUT2D eigenvalue weighted by atomic mass is 10.1. The molecule has 3 rings (SSSR count). The Morgan fingerprint density at radius 2 is 1.62 bits per heavy atom. The molecular formula is C17H17NO2S. The predicted molar refractivity (Wildman–Crippen MR) is 90.9 cm³/mol. The van der Waals surface area contributed by atoms with Gasteiger partial charge in [0, 0.05) is 28.0 Å². The van der Waals surface area contributed by atoms with E-state index in [0.29, 0.717) is 0 Å². The molecule has 0 saturated heterocycles. The van der Waals surface area contributed by atoms with Gasteiger partial charge in [-0.15, -0.1) is 0 Å². The minimum atomic E-state index is -2.90. The van der Waals surface area contributed by atoms with Crippen molar-refractivity contribution in [1.29, 1.82) is 0 Å². The number of H-pyrrole nitrogens is 1. The average Bonchev–Trinajstić information content (AvgIpc) is 2.85. The van der Waals surface area contributed by atoms with Crippen molar-refractivity contribution in [1.82, 2.24) is 4.98 Å². The number of sulfone groups is 1.